The Bertz CT molecular complexity index is 880. The van der Waals surface area contributed by atoms with Crippen LogP contribution in [0.4, 0.5) is 5.95 Å². The number of aromatic nitrogens is 2. The first-order valence-corrected chi connectivity index (χ1v) is 8.81. The number of esters is 1. The summed E-state index contributed by atoms with van der Waals surface area (Å²) in [6, 6.07) is 6.68. The molecule has 1 aromatic carbocycles. The van der Waals surface area contributed by atoms with Gasteiger partial charge in [0.05, 0.1) is 43.7 Å². The normalized spacial score (nSPS) is 16.2. The third kappa shape index (κ3) is 3.35. The van der Waals surface area contributed by atoms with E-state index < -0.39 is 5.97 Å². The van der Waals surface area contributed by atoms with E-state index in [0.29, 0.717) is 37.8 Å². The summed E-state index contributed by atoms with van der Waals surface area (Å²) in [4.78, 5) is 37.8. The molecule has 0 saturated carbocycles. The zero-order valence-corrected chi connectivity index (χ0v) is 15.1. The number of anilines is 1. The highest BCUT2D eigenvalue weighted by molar-refractivity contribution is 6.05. The van der Waals surface area contributed by atoms with Crippen molar-refractivity contribution in [1.82, 2.24) is 14.9 Å². The second kappa shape index (κ2) is 7.32. The first-order valence-electron chi connectivity index (χ1n) is 8.81. The molecule has 0 spiro atoms. The Morgan fingerprint density at radius 3 is 2.59 bits per heavy atom. The summed E-state index contributed by atoms with van der Waals surface area (Å²) in [5, 5.41) is 0. The van der Waals surface area contributed by atoms with Gasteiger partial charge in [0.2, 0.25) is 5.95 Å². The lowest BCUT2D eigenvalue weighted by molar-refractivity contribution is 0.0589. The highest BCUT2D eigenvalue weighted by atomic mass is 16.5. The average molecular weight is 368 g/mol. The largest absolute Gasteiger partial charge is 0.465 e. The third-order valence-corrected chi connectivity index (χ3v) is 4.79. The van der Waals surface area contributed by atoms with Gasteiger partial charge < -0.3 is 19.3 Å². The first kappa shape index (κ1) is 17.4. The van der Waals surface area contributed by atoms with Crippen LogP contribution < -0.4 is 4.90 Å². The first-order chi connectivity index (χ1) is 13.2. The summed E-state index contributed by atoms with van der Waals surface area (Å²) in [5.74, 6) is -0.0757. The number of carbonyl (C=O) groups is 2. The smallest absolute Gasteiger partial charge is 0.338 e. The van der Waals surface area contributed by atoms with Crippen molar-refractivity contribution in [2.75, 3.05) is 38.3 Å². The summed E-state index contributed by atoms with van der Waals surface area (Å²) in [6.45, 7) is 3.66. The molecule has 8 nitrogen and oxygen atoms in total. The quantitative estimate of drug-likeness (QED) is 0.754. The van der Waals surface area contributed by atoms with E-state index in [1.54, 1.807) is 35.4 Å². The van der Waals surface area contributed by atoms with Crippen LogP contribution in [0.15, 0.2) is 30.5 Å². The molecule has 2 aliphatic rings. The molecule has 1 saturated heterocycles. The molecule has 27 heavy (non-hydrogen) atoms. The maximum atomic E-state index is 13.0. The number of benzene rings is 1. The minimum Gasteiger partial charge on any atom is -0.465 e. The molecule has 1 aromatic heterocycles. The van der Waals surface area contributed by atoms with Gasteiger partial charge in [-0.05, 0) is 12.1 Å². The molecule has 1 amide bonds. The Morgan fingerprint density at radius 1 is 1.11 bits per heavy atom. The summed E-state index contributed by atoms with van der Waals surface area (Å²) < 4.78 is 10.1. The molecule has 0 N–H and O–H groups in total. The fraction of sp³-hybridized carbons (Fsp3) is 0.368. The van der Waals surface area contributed by atoms with E-state index in [9.17, 15) is 9.59 Å². The van der Waals surface area contributed by atoms with Crippen LogP contribution in [0.5, 0.6) is 0 Å². The Hall–Kier alpha value is -3.00. The van der Waals surface area contributed by atoms with E-state index in [4.69, 9.17) is 9.47 Å². The van der Waals surface area contributed by atoms with Gasteiger partial charge in [-0.15, -0.1) is 0 Å². The Morgan fingerprint density at radius 2 is 1.85 bits per heavy atom. The second-order valence-electron chi connectivity index (χ2n) is 6.44. The van der Waals surface area contributed by atoms with E-state index in [0.717, 1.165) is 24.3 Å². The van der Waals surface area contributed by atoms with Crippen molar-refractivity contribution in [1.29, 1.82) is 0 Å². The number of methoxy groups -OCH3 is 1. The lowest BCUT2D eigenvalue weighted by Gasteiger charge is -2.26. The molecular formula is C19H20N4O4. The topological polar surface area (TPSA) is 84.9 Å². The maximum Gasteiger partial charge on any atom is 0.338 e. The summed E-state index contributed by atoms with van der Waals surface area (Å²) in [6.07, 6.45) is 1.78. The molecule has 3 heterocycles. The van der Waals surface area contributed by atoms with Crippen LogP contribution in [0.2, 0.25) is 0 Å². The van der Waals surface area contributed by atoms with E-state index in [2.05, 4.69) is 14.9 Å². The van der Waals surface area contributed by atoms with Crippen LogP contribution >= 0.6 is 0 Å². The van der Waals surface area contributed by atoms with Gasteiger partial charge in [0, 0.05) is 31.4 Å². The van der Waals surface area contributed by atoms with Crippen LogP contribution in [0.3, 0.4) is 0 Å². The molecule has 8 heteroatoms. The summed E-state index contributed by atoms with van der Waals surface area (Å²) in [7, 11) is 1.30. The second-order valence-corrected chi connectivity index (χ2v) is 6.44. The predicted octanol–water partition coefficient (Wildman–Crippen LogP) is 1.26. The molecule has 0 radical (unpaired) electrons. The lowest BCUT2D eigenvalue weighted by atomic mass is 10.1. The van der Waals surface area contributed by atoms with Gasteiger partial charge in [0.15, 0.2) is 0 Å². The Kier molecular flexibility index (Phi) is 4.72. The minimum absolute atomic E-state index is 0.220. The van der Waals surface area contributed by atoms with E-state index in [1.807, 2.05) is 0 Å². The molecule has 140 valence electrons. The number of fused-ring (bicyclic) bond motifs is 1. The van der Waals surface area contributed by atoms with Gasteiger partial charge in [-0.1, -0.05) is 12.1 Å². The van der Waals surface area contributed by atoms with Crippen molar-refractivity contribution in [3.05, 3.63) is 52.8 Å². The highest BCUT2D eigenvalue weighted by Gasteiger charge is 2.29. The monoisotopic (exact) mass is 368 g/mol. The molecule has 0 aliphatic carbocycles. The maximum absolute atomic E-state index is 13.0. The third-order valence-electron chi connectivity index (χ3n) is 4.79. The van der Waals surface area contributed by atoms with Crippen molar-refractivity contribution < 1.29 is 19.1 Å². The molecule has 1 fully saturated rings. The van der Waals surface area contributed by atoms with Crippen molar-refractivity contribution >= 4 is 17.8 Å². The molecule has 2 aromatic rings. The molecule has 0 bridgehead atoms. The fourth-order valence-electron chi connectivity index (χ4n) is 3.33. The molecule has 4 rings (SSSR count). The molecular weight excluding hydrogens is 348 g/mol. The average Bonchev–Trinajstić information content (AvgIpc) is 3.16. The lowest BCUT2D eigenvalue weighted by Crippen LogP contribution is -2.37. The van der Waals surface area contributed by atoms with Crippen LogP contribution in [0.25, 0.3) is 0 Å². The Balaban J connectivity index is 1.55. The number of hydrogen-bond donors (Lipinski definition) is 0. The zero-order valence-electron chi connectivity index (χ0n) is 15.1. The molecule has 0 unspecified atom stereocenters. The van der Waals surface area contributed by atoms with Crippen LogP contribution in [0, 0.1) is 0 Å². The number of morpholine rings is 1. The number of nitrogens with zero attached hydrogens (tertiary/aromatic N) is 4. The predicted molar refractivity (Wildman–Crippen MR) is 96.4 cm³/mol. The van der Waals surface area contributed by atoms with Gasteiger partial charge in [-0.2, -0.15) is 0 Å². The van der Waals surface area contributed by atoms with Crippen LogP contribution in [-0.2, 0) is 22.6 Å². The summed E-state index contributed by atoms with van der Waals surface area (Å²) in [5.41, 5.74) is 2.37. The van der Waals surface area contributed by atoms with E-state index in [1.165, 1.54) is 7.11 Å². The van der Waals surface area contributed by atoms with Crippen molar-refractivity contribution in [2.45, 2.75) is 13.1 Å². The Labute approximate surface area is 156 Å². The number of carbonyl (C=O) groups excluding carboxylic acids is 2. The van der Waals surface area contributed by atoms with Crippen molar-refractivity contribution in [2.24, 2.45) is 0 Å². The number of amides is 1. The fourth-order valence-corrected chi connectivity index (χ4v) is 3.33. The van der Waals surface area contributed by atoms with E-state index in [-0.39, 0.29) is 11.5 Å². The van der Waals surface area contributed by atoms with Crippen molar-refractivity contribution in [3.63, 3.8) is 0 Å². The van der Waals surface area contributed by atoms with Crippen molar-refractivity contribution in [3.8, 4) is 0 Å². The van der Waals surface area contributed by atoms with Gasteiger partial charge in [0.25, 0.3) is 5.91 Å². The minimum atomic E-state index is -0.523. The summed E-state index contributed by atoms with van der Waals surface area (Å²) >= 11 is 0. The SMILES string of the molecule is COC(=O)c1ccccc1C(=O)N1Cc2cnc(N3CCOCC3)nc2C1. The number of hydrogen-bond acceptors (Lipinski definition) is 7. The molecule has 2 aliphatic heterocycles. The van der Waals surface area contributed by atoms with E-state index >= 15 is 0 Å². The zero-order chi connectivity index (χ0) is 18.8. The van der Waals surface area contributed by atoms with Crippen LogP contribution in [-0.4, -0.2) is 60.2 Å². The van der Waals surface area contributed by atoms with Gasteiger partial charge in [-0.25, -0.2) is 14.8 Å². The van der Waals surface area contributed by atoms with Gasteiger partial charge >= 0.3 is 5.97 Å². The standard InChI is InChI=1S/C19H20N4O4/c1-26-18(25)15-5-3-2-4-14(15)17(24)23-11-13-10-20-19(21-16(13)12-23)22-6-8-27-9-7-22/h2-5,10H,6-9,11-12H2,1H3. The van der Waals surface area contributed by atoms with Crippen LogP contribution in [0.1, 0.15) is 32.0 Å². The highest BCUT2D eigenvalue weighted by Crippen LogP contribution is 2.25. The number of rotatable bonds is 3. The van der Waals surface area contributed by atoms with Gasteiger partial charge in [-0.3, -0.25) is 4.79 Å². The molecule has 0 atom stereocenters. The van der Waals surface area contributed by atoms with Gasteiger partial charge in [0.1, 0.15) is 0 Å². The number of ether oxygens (including phenoxy) is 2.